The summed E-state index contributed by atoms with van der Waals surface area (Å²) in [6.07, 6.45) is 1.00. The zero-order valence-corrected chi connectivity index (χ0v) is 9.15. The summed E-state index contributed by atoms with van der Waals surface area (Å²) in [7, 11) is 1.19. The van der Waals surface area contributed by atoms with Crippen molar-refractivity contribution in [3.05, 3.63) is 62.7 Å². The van der Waals surface area contributed by atoms with Crippen LogP contribution in [0.3, 0.4) is 0 Å². The van der Waals surface area contributed by atoms with Crippen molar-refractivity contribution < 1.29 is 13.2 Å². The summed E-state index contributed by atoms with van der Waals surface area (Å²) in [5.74, 6) is -4.52. The Balaban J connectivity index is 2.79. The molecule has 2 aromatic rings. The molecule has 0 unspecified atom stereocenters. The fraction of sp³-hybridized carbons (Fsp3) is 0.0909. The van der Waals surface area contributed by atoms with Crippen LogP contribution in [0.5, 0.6) is 0 Å². The number of hydrogen-bond acceptors (Lipinski definition) is 2. The number of rotatable bonds is 1. The Labute approximate surface area is 98.5 Å². The average molecular weight is 256 g/mol. The summed E-state index contributed by atoms with van der Waals surface area (Å²) in [6, 6.07) is 2.63. The zero-order chi connectivity index (χ0) is 13.4. The molecule has 4 nitrogen and oxygen atoms in total. The van der Waals surface area contributed by atoms with E-state index in [2.05, 4.69) is 0 Å². The van der Waals surface area contributed by atoms with Crippen LogP contribution in [0, 0.1) is 17.5 Å². The van der Waals surface area contributed by atoms with Gasteiger partial charge in [-0.05, 0) is 12.1 Å². The van der Waals surface area contributed by atoms with E-state index in [9.17, 15) is 22.8 Å². The van der Waals surface area contributed by atoms with Crippen molar-refractivity contribution in [1.29, 1.82) is 0 Å². The first kappa shape index (κ1) is 12.2. The van der Waals surface area contributed by atoms with Crippen molar-refractivity contribution in [2.45, 2.75) is 0 Å². The van der Waals surface area contributed by atoms with Crippen LogP contribution in [-0.4, -0.2) is 9.13 Å². The maximum atomic E-state index is 13.5. The van der Waals surface area contributed by atoms with Gasteiger partial charge < -0.3 is 0 Å². The highest BCUT2D eigenvalue weighted by Crippen LogP contribution is 2.17. The highest BCUT2D eigenvalue weighted by atomic mass is 19.2. The lowest BCUT2D eigenvalue weighted by atomic mass is 10.2. The lowest BCUT2D eigenvalue weighted by molar-refractivity contribution is 0.443. The Morgan fingerprint density at radius 1 is 1.00 bits per heavy atom. The summed E-state index contributed by atoms with van der Waals surface area (Å²) in [5, 5.41) is 0. The molecule has 0 spiro atoms. The maximum Gasteiger partial charge on any atom is 0.335 e. The molecule has 1 aromatic heterocycles. The number of nitrogens with zero attached hydrogens (tertiary/aromatic N) is 2. The Kier molecular flexibility index (Phi) is 2.82. The van der Waals surface area contributed by atoms with Crippen LogP contribution in [0.15, 0.2) is 34.0 Å². The molecule has 94 valence electrons. The first-order valence-corrected chi connectivity index (χ1v) is 4.86. The van der Waals surface area contributed by atoms with E-state index in [1.807, 2.05) is 0 Å². The topological polar surface area (TPSA) is 44.0 Å². The second-order valence-electron chi connectivity index (χ2n) is 3.56. The first-order valence-electron chi connectivity index (χ1n) is 4.86. The number of hydrogen-bond donors (Lipinski definition) is 0. The van der Waals surface area contributed by atoms with E-state index in [0.717, 1.165) is 27.5 Å². The summed E-state index contributed by atoms with van der Waals surface area (Å²) < 4.78 is 40.8. The van der Waals surface area contributed by atoms with E-state index in [1.54, 1.807) is 0 Å². The number of aromatic nitrogens is 2. The molecule has 7 heteroatoms. The number of halogens is 3. The molecule has 0 saturated heterocycles. The Morgan fingerprint density at radius 3 is 2.33 bits per heavy atom. The SMILES string of the molecule is Cn1c(=O)ccn(-c2ccc(F)c(F)c2F)c1=O. The summed E-state index contributed by atoms with van der Waals surface area (Å²) >= 11 is 0. The minimum absolute atomic E-state index is 0.463. The van der Waals surface area contributed by atoms with E-state index in [1.165, 1.54) is 7.05 Å². The minimum atomic E-state index is -1.67. The maximum absolute atomic E-state index is 13.5. The molecular formula is C11H7F3N2O2. The minimum Gasteiger partial charge on any atom is -0.269 e. The Bertz CT molecular complexity index is 734. The van der Waals surface area contributed by atoms with Gasteiger partial charge in [0.2, 0.25) is 0 Å². The monoisotopic (exact) mass is 256 g/mol. The molecule has 1 aromatic carbocycles. The standard InChI is InChI=1S/C11H7F3N2O2/c1-15-8(17)4-5-16(11(15)18)7-3-2-6(12)9(13)10(7)14/h2-5H,1H3. The molecule has 0 saturated carbocycles. The molecule has 18 heavy (non-hydrogen) atoms. The van der Waals surface area contributed by atoms with Gasteiger partial charge in [0, 0.05) is 19.3 Å². The van der Waals surface area contributed by atoms with Crippen LogP contribution >= 0.6 is 0 Å². The van der Waals surface area contributed by atoms with Gasteiger partial charge in [-0.3, -0.25) is 13.9 Å². The third-order valence-electron chi connectivity index (χ3n) is 2.46. The van der Waals surface area contributed by atoms with Gasteiger partial charge in [-0.25, -0.2) is 18.0 Å². The second kappa shape index (κ2) is 4.17. The van der Waals surface area contributed by atoms with Crippen LogP contribution in [0.4, 0.5) is 13.2 Å². The molecule has 0 atom stereocenters. The van der Waals surface area contributed by atoms with Gasteiger partial charge in [-0.1, -0.05) is 0 Å². The van der Waals surface area contributed by atoms with Crippen LogP contribution < -0.4 is 11.2 Å². The fourth-order valence-corrected chi connectivity index (χ4v) is 1.45. The summed E-state index contributed by atoms with van der Waals surface area (Å²) in [4.78, 5) is 22.8. The fourth-order valence-electron chi connectivity index (χ4n) is 1.45. The third kappa shape index (κ3) is 1.73. The first-order chi connectivity index (χ1) is 8.43. The average Bonchev–Trinajstić information content (AvgIpc) is 2.35. The Hall–Kier alpha value is -2.31. The lowest BCUT2D eigenvalue weighted by Crippen LogP contribution is -2.36. The van der Waals surface area contributed by atoms with Gasteiger partial charge in [0.05, 0.1) is 5.69 Å². The molecule has 0 bridgehead atoms. The predicted molar refractivity (Wildman–Crippen MR) is 57.2 cm³/mol. The molecule has 0 radical (unpaired) electrons. The molecule has 0 aliphatic rings. The molecule has 1 heterocycles. The van der Waals surface area contributed by atoms with Crippen LogP contribution in [0.1, 0.15) is 0 Å². The van der Waals surface area contributed by atoms with E-state index < -0.39 is 34.4 Å². The van der Waals surface area contributed by atoms with Gasteiger partial charge in [-0.15, -0.1) is 0 Å². The van der Waals surface area contributed by atoms with Gasteiger partial charge in [0.25, 0.3) is 5.56 Å². The third-order valence-corrected chi connectivity index (χ3v) is 2.46. The van der Waals surface area contributed by atoms with Crippen molar-refractivity contribution in [3.63, 3.8) is 0 Å². The quantitative estimate of drug-likeness (QED) is 0.713. The Morgan fingerprint density at radius 2 is 1.67 bits per heavy atom. The smallest absolute Gasteiger partial charge is 0.269 e. The van der Waals surface area contributed by atoms with Crippen molar-refractivity contribution in [2.75, 3.05) is 0 Å². The van der Waals surface area contributed by atoms with Gasteiger partial charge in [0.15, 0.2) is 17.5 Å². The highest BCUT2D eigenvalue weighted by molar-refractivity contribution is 5.34. The zero-order valence-electron chi connectivity index (χ0n) is 9.15. The van der Waals surface area contributed by atoms with Crippen molar-refractivity contribution in [1.82, 2.24) is 9.13 Å². The van der Waals surface area contributed by atoms with E-state index in [4.69, 9.17) is 0 Å². The molecule has 0 N–H and O–H groups in total. The molecular weight excluding hydrogens is 249 g/mol. The van der Waals surface area contributed by atoms with Gasteiger partial charge >= 0.3 is 5.69 Å². The van der Waals surface area contributed by atoms with Gasteiger partial charge in [-0.2, -0.15) is 0 Å². The van der Waals surface area contributed by atoms with Crippen molar-refractivity contribution in [2.24, 2.45) is 7.05 Å². The van der Waals surface area contributed by atoms with Crippen LogP contribution in [0.25, 0.3) is 5.69 Å². The van der Waals surface area contributed by atoms with E-state index in [0.29, 0.717) is 6.07 Å². The molecule has 2 rings (SSSR count). The van der Waals surface area contributed by atoms with Gasteiger partial charge in [0.1, 0.15) is 0 Å². The predicted octanol–water partition coefficient (Wildman–Crippen LogP) is 0.953. The second-order valence-corrected chi connectivity index (χ2v) is 3.56. The molecule has 0 aliphatic carbocycles. The summed E-state index contributed by atoms with van der Waals surface area (Å²) in [6.45, 7) is 0. The van der Waals surface area contributed by atoms with Crippen LogP contribution in [-0.2, 0) is 7.05 Å². The largest absolute Gasteiger partial charge is 0.335 e. The van der Waals surface area contributed by atoms with Crippen molar-refractivity contribution >= 4 is 0 Å². The molecule has 0 fully saturated rings. The van der Waals surface area contributed by atoms with Crippen molar-refractivity contribution in [3.8, 4) is 5.69 Å². The highest BCUT2D eigenvalue weighted by Gasteiger charge is 2.16. The number of benzene rings is 1. The lowest BCUT2D eigenvalue weighted by Gasteiger charge is -2.08. The summed E-state index contributed by atoms with van der Waals surface area (Å²) in [5.41, 5.74) is -1.90. The molecule has 0 aliphatic heterocycles. The normalized spacial score (nSPS) is 10.7. The van der Waals surface area contributed by atoms with Crippen LogP contribution in [0.2, 0.25) is 0 Å². The van der Waals surface area contributed by atoms with E-state index >= 15 is 0 Å². The molecule has 0 amide bonds. The van der Waals surface area contributed by atoms with E-state index in [-0.39, 0.29) is 0 Å².